The Bertz CT molecular complexity index is 940. The summed E-state index contributed by atoms with van der Waals surface area (Å²) in [6.45, 7) is 1.91. The first-order valence-corrected chi connectivity index (χ1v) is 8.01. The third-order valence-corrected chi connectivity index (χ3v) is 4.78. The SMILES string of the molecule is Cc1cc(Sc2nnc(-c3cccs3)n2N)n2ncnc2n1. The molecule has 10 heteroatoms. The van der Waals surface area contributed by atoms with Crippen LogP contribution >= 0.6 is 23.1 Å². The van der Waals surface area contributed by atoms with Gasteiger partial charge in [-0.05, 0) is 36.2 Å². The number of hydrogen-bond donors (Lipinski definition) is 1. The lowest BCUT2D eigenvalue weighted by Gasteiger charge is -2.04. The van der Waals surface area contributed by atoms with Crippen LogP contribution in [0.1, 0.15) is 5.69 Å². The largest absolute Gasteiger partial charge is 0.335 e. The molecule has 0 aliphatic heterocycles. The van der Waals surface area contributed by atoms with Gasteiger partial charge in [0, 0.05) is 5.69 Å². The lowest BCUT2D eigenvalue weighted by molar-refractivity contribution is 0.812. The fourth-order valence-corrected chi connectivity index (χ4v) is 3.59. The smallest absolute Gasteiger partial charge is 0.253 e. The van der Waals surface area contributed by atoms with Crippen LogP contribution in [-0.4, -0.2) is 34.5 Å². The summed E-state index contributed by atoms with van der Waals surface area (Å²) in [5, 5.41) is 15.9. The highest BCUT2D eigenvalue weighted by molar-refractivity contribution is 7.99. The Kier molecular flexibility index (Phi) is 3.05. The molecular weight excluding hydrogens is 320 g/mol. The summed E-state index contributed by atoms with van der Waals surface area (Å²) < 4.78 is 3.13. The van der Waals surface area contributed by atoms with Crippen molar-refractivity contribution < 1.29 is 0 Å². The summed E-state index contributed by atoms with van der Waals surface area (Å²) in [7, 11) is 0. The predicted molar refractivity (Wildman–Crippen MR) is 83.1 cm³/mol. The molecule has 22 heavy (non-hydrogen) atoms. The maximum absolute atomic E-state index is 6.12. The highest BCUT2D eigenvalue weighted by atomic mass is 32.2. The highest BCUT2D eigenvalue weighted by Crippen LogP contribution is 2.29. The zero-order valence-corrected chi connectivity index (χ0v) is 13.0. The Morgan fingerprint density at radius 1 is 1.32 bits per heavy atom. The summed E-state index contributed by atoms with van der Waals surface area (Å²) in [5.74, 6) is 7.30. The molecule has 0 aromatic carbocycles. The van der Waals surface area contributed by atoms with Crippen LogP contribution < -0.4 is 5.84 Å². The molecule has 4 rings (SSSR count). The number of aromatic nitrogens is 7. The van der Waals surface area contributed by atoms with Crippen molar-refractivity contribution in [3.63, 3.8) is 0 Å². The molecule has 0 unspecified atom stereocenters. The monoisotopic (exact) mass is 330 g/mol. The molecule has 0 amide bonds. The van der Waals surface area contributed by atoms with Gasteiger partial charge < -0.3 is 5.84 Å². The summed E-state index contributed by atoms with van der Waals surface area (Å²) in [5.41, 5.74) is 0.851. The molecule has 0 bridgehead atoms. The van der Waals surface area contributed by atoms with Gasteiger partial charge >= 0.3 is 0 Å². The van der Waals surface area contributed by atoms with Crippen LogP contribution in [0.4, 0.5) is 0 Å². The fraction of sp³-hybridized carbons (Fsp3) is 0.0833. The summed E-state index contributed by atoms with van der Waals surface area (Å²) in [4.78, 5) is 9.39. The standard InChI is InChI=1S/C12H10N8S2/c1-7-5-9(20-11(16-7)14-6-15-20)22-12-18-17-10(19(12)13)8-3-2-4-21-8/h2-6H,13H2,1H3. The van der Waals surface area contributed by atoms with Gasteiger partial charge in [0.05, 0.1) is 4.88 Å². The highest BCUT2D eigenvalue weighted by Gasteiger charge is 2.16. The molecule has 0 fully saturated rings. The first-order valence-electron chi connectivity index (χ1n) is 6.32. The molecule has 4 aromatic rings. The zero-order chi connectivity index (χ0) is 15.1. The maximum atomic E-state index is 6.12. The first kappa shape index (κ1) is 13.2. The van der Waals surface area contributed by atoms with Crippen molar-refractivity contribution in [2.75, 3.05) is 5.84 Å². The predicted octanol–water partition coefficient (Wildman–Crippen LogP) is 1.62. The number of nitrogens with zero attached hydrogens (tertiary/aromatic N) is 7. The lowest BCUT2D eigenvalue weighted by Crippen LogP contribution is -2.11. The van der Waals surface area contributed by atoms with Crippen molar-refractivity contribution >= 4 is 28.9 Å². The molecule has 2 N–H and O–H groups in total. The number of hydrogen-bond acceptors (Lipinski definition) is 8. The van der Waals surface area contributed by atoms with Gasteiger partial charge in [0.25, 0.3) is 5.78 Å². The van der Waals surface area contributed by atoms with Crippen LogP contribution in [0.15, 0.2) is 40.1 Å². The van der Waals surface area contributed by atoms with Gasteiger partial charge in [0.2, 0.25) is 5.16 Å². The van der Waals surface area contributed by atoms with Crippen LogP contribution in [0, 0.1) is 6.92 Å². The van der Waals surface area contributed by atoms with Crippen LogP contribution in [-0.2, 0) is 0 Å². The number of aryl methyl sites for hydroxylation is 1. The Hall–Kier alpha value is -2.46. The van der Waals surface area contributed by atoms with E-state index in [1.54, 1.807) is 15.9 Å². The fourth-order valence-electron chi connectivity index (χ4n) is 1.98. The minimum atomic E-state index is 0.545. The van der Waals surface area contributed by atoms with E-state index >= 15 is 0 Å². The number of fused-ring (bicyclic) bond motifs is 1. The minimum Gasteiger partial charge on any atom is -0.335 e. The van der Waals surface area contributed by atoms with Gasteiger partial charge in [-0.2, -0.15) is 14.6 Å². The van der Waals surface area contributed by atoms with Crippen LogP contribution in [0.25, 0.3) is 16.5 Å². The van der Waals surface area contributed by atoms with E-state index in [1.165, 1.54) is 22.8 Å². The van der Waals surface area contributed by atoms with Gasteiger partial charge in [-0.25, -0.2) is 9.66 Å². The van der Waals surface area contributed by atoms with E-state index < -0.39 is 0 Å². The van der Waals surface area contributed by atoms with Crippen molar-refractivity contribution in [2.24, 2.45) is 0 Å². The van der Waals surface area contributed by atoms with Crippen molar-refractivity contribution in [1.29, 1.82) is 0 Å². The average Bonchev–Trinajstić information content (AvgIpc) is 3.20. The molecule has 110 valence electrons. The van der Waals surface area contributed by atoms with Gasteiger partial charge in [0.15, 0.2) is 5.82 Å². The Balaban J connectivity index is 1.76. The quantitative estimate of drug-likeness (QED) is 0.450. The molecule has 0 saturated heterocycles. The van der Waals surface area contributed by atoms with Gasteiger partial charge in [0.1, 0.15) is 11.4 Å². The second-order valence-electron chi connectivity index (χ2n) is 4.46. The number of nitrogen functional groups attached to an aromatic ring is 1. The molecule has 0 radical (unpaired) electrons. The van der Waals surface area contributed by atoms with Gasteiger partial charge in [-0.15, -0.1) is 21.5 Å². The van der Waals surface area contributed by atoms with E-state index in [9.17, 15) is 0 Å². The first-order chi connectivity index (χ1) is 10.7. The summed E-state index contributed by atoms with van der Waals surface area (Å²) in [6, 6.07) is 5.82. The second-order valence-corrected chi connectivity index (χ2v) is 6.40. The van der Waals surface area contributed by atoms with Crippen molar-refractivity contribution in [3.8, 4) is 10.7 Å². The third-order valence-electron chi connectivity index (χ3n) is 2.95. The molecule has 4 heterocycles. The van der Waals surface area contributed by atoms with E-state index in [1.807, 2.05) is 30.5 Å². The lowest BCUT2D eigenvalue weighted by atomic mass is 10.4. The van der Waals surface area contributed by atoms with Crippen molar-refractivity contribution in [1.82, 2.24) is 34.5 Å². The number of nitrogens with two attached hydrogens (primary N) is 1. The molecule has 0 atom stereocenters. The van der Waals surface area contributed by atoms with E-state index in [2.05, 4.69) is 25.3 Å². The van der Waals surface area contributed by atoms with Crippen LogP contribution in [0.2, 0.25) is 0 Å². The Morgan fingerprint density at radius 2 is 2.23 bits per heavy atom. The van der Waals surface area contributed by atoms with Crippen molar-refractivity contribution in [2.45, 2.75) is 17.1 Å². The molecule has 0 aliphatic carbocycles. The molecule has 0 spiro atoms. The average molecular weight is 330 g/mol. The number of rotatable bonds is 3. The maximum Gasteiger partial charge on any atom is 0.253 e. The van der Waals surface area contributed by atoms with Gasteiger partial charge in [-0.3, -0.25) is 0 Å². The normalized spacial score (nSPS) is 11.3. The van der Waals surface area contributed by atoms with E-state index in [0.717, 1.165) is 15.6 Å². The summed E-state index contributed by atoms with van der Waals surface area (Å²) in [6.07, 6.45) is 1.47. The molecule has 0 aliphatic rings. The zero-order valence-electron chi connectivity index (χ0n) is 11.4. The molecule has 4 aromatic heterocycles. The molecule has 0 saturated carbocycles. The molecule has 8 nitrogen and oxygen atoms in total. The van der Waals surface area contributed by atoms with Crippen LogP contribution in [0.5, 0.6) is 0 Å². The Labute approximate surface area is 133 Å². The Morgan fingerprint density at radius 3 is 3.05 bits per heavy atom. The van der Waals surface area contributed by atoms with E-state index in [4.69, 9.17) is 5.84 Å². The van der Waals surface area contributed by atoms with E-state index in [0.29, 0.717) is 16.8 Å². The van der Waals surface area contributed by atoms with Crippen molar-refractivity contribution in [3.05, 3.63) is 35.6 Å². The van der Waals surface area contributed by atoms with Crippen LogP contribution in [0.3, 0.4) is 0 Å². The van der Waals surface area contributed by atoms with Gasteiger partial charge in [-0.1, -0.05) is 6.07 Å². The molecular formula is C12H10N8S2. The third kappa shape index (κ3) is 2.12. The topological polar surface area (TPSA) is 99.8 Å². The van der Waals surface area contributed by atoms with E-state index in [-0.39, 0.29) is 0 Å². The number of thiophene rings is 1. The minimum absolute atomic E-state index is 0.545. The summed E-state index contributed by atoms with van der Waals surface area (Å²) >= 11 is 2.94. The second kappa shape index (κ2) is 5.07.